The Balaban J connectivity index is 1.78. The molecular weight excluding hydrogens is 488 g/mol. The Labute approximate surface area is 223 Å². The Morgan fingerprint density at radius 2 is 1.68 bits per heavy atom. The standard InChI is InChI=1S/C29H34N2O7/c1-4-8-25(23(21-32)17-19-37-3)29(36)30(2)24-12-10-22(11-13-24)16-20-38-28(35)9-6-5-7-18-31-26(33)14-15-27(31)34/h4,8,10-15,17,19,21H,5-7,9,16,18,20H2,1-3H3/b8-4-,19-17+,25-23-. The van der Waals surface area contributed by atoms with Gasteiger partial charge >= 0.3 is 5.97 Å². The first kappa shape index (κ1) is 30.0. The van der Waals surface area contributed by atoms with Crippen molar-refractivity contribution in [3.63, 3.8) is 0 Å². The van der Waals surface area contributed by atoms with E-state index >= 15 is 0 Å². The molecule has 0 saturated carbocycles. The van der Waals surface area contributed by atoms with Gasteiger partial charge in [0.2, 0.25) is 0 Å². The lowest BCUT2D eigenvalue weighted by Crippen LogP contribution is -2.30. The summed E-state index contributed by atoms with van der Waals surface area (Å²) in [6.45, 7) is 2.35. The number of nitrogens with zero attached hydrogens (tertiary/aromatic N) is 2. The number of carbonyl (C=O) groups excluding carboxylic acids is 5. The highest BCUT2D eigenvalue weighted by Gasteiger charge is 2.22. The quantitative estimate of drug-likeness (QED) is 0.0660. The van der Waals surface area contributed by atoms with Gasteiger partial charge in [-0.3, -0.25) is 28.9 Å². The van der Waals surface area contributed by atoms with Crippen LogP contribution in [0.25, 0.3) is 0 Å². The van der Waals surface area contributed by atoms with Crippen LogP contribution in [0.15, 0.2) is 72.1 Å². The van der Waals surface area contributed by atoms with Crippen molar-refractivity contribution in [1.82, 2.24) is 4.90 Å². The Hall–Kier alpha value is -4.27. The molecule has 0 saturated heterocycles. The van der Waals surface area contributed by atoms with Crippen LogP contribution in [-0.2, 0) is 39.9 Å². The van der Waals surface area contributed by atoms with Crippen LogP contribution < -0.4 is 4.90 Å². The van der Waals surface area contributed by atoms with E-state index in [2.05, 4.69) is 0 Å². The molecule has 0 spiro atoms. The lowest BCUT2D eigenvalue weighted by Gasteiger charge is -2.19. The minimum Gasteiger partial charge on any atom is -0.504 e. The van der Waals surface area contributed by atoms with E-state index in [9.17, 15) is 24.0 Å². The van der Waals surface area contributed by atoms with E-state index in [1.54, 1.807) is 38.3 Å². The summed E-state index contributed by atoms with van der Waals surface area (Å²) in [7, 11) is 3.08. The number of ether oxygens (including phenoxy) is 2. The van der Waals surface area contributed by atoms with Crippen LogP contribution in [0, 0.1) is 0 Å². The molecule has 9 heteroatoms. The summed E-state index contributed by atoms with van der Waals surface area (Å²) in [6, 6.07) is 7.29. The molecule has 0 fully saturated rings. The van der Waals surface area contributed by atoms with E-state index in [0.29, 0.717) is 44.2 Å². The maximum atomic E-state index is 13.0. The van der Waals surface area contributed by atoms with Crippen LogP contribution in [0.4, 0.5) is 5.69 Å². The fourth-order valence-electron chi connectivity index (χ4n) is 3.70. The number of benzene rings is 1. The molecule has 9 nitrogen and oxygen atoms in total. The van der Waals surface area contributed by atoms with Crippen LogP contribution in [0.5, 0.6) is 0 Å². The topological polar surface area (TPSA) is 110 Å². The summed E-state index contributed by atoms with van der Waals surface area (Å²) >= 11 is 0. The average Bonchev–Trinajstić information content (AvgIpc) is 3.24. The zero-order valence-corrected chi connectivity index (χ0v) is 22.1. The highest BCUT2D eigenvalue weighted by Crippen LogP contribution is 2.19. The number of aldehydes is 1. The van der Waals surface area contributed by atoms with Crippen LogP contribution in [-0.4, -0.2) is 62.2 Å². The summed E-state index contributed by atoms with van der Waals surface area (Å²) < 4.78 is 10.2. The number of methoxy groups -OCH3 is 1. The van der Waals surface area contributed by atoms with Gasteiger partial charge in [-0.1, -0.05) is 30.7 Å². The van der Waals surface area contributed by atoms with Gasteiger partial charge in [0, 0.05) is 49.8 Å². The van der Waals surface area contributed by atoms with E-state index in [4.69, 9.17) is 9.47 Å². The molecule has 3 amide bonds. The van der Waals surface area contributed by atoms with Crippen LogP contribution >= 0.6 is 0 Å². The number of esters is 1. The van der Waals surface area contributed by atoms with Gasteiger partial charge in [-0.2, -0.15) is 0 Å². The largest absolute Gasteiger partial charge is 0.504 e. The number of rotatable bonds is 15. The molecule has 0 N–H and O–H groups in total. The number of allylic oxidation sites excluding steroid dienone is 3. The molecular formula is C29H34N2O7. The molecule has 202 valence electrons. The molecule has 2 rings (SSSR count). The van der Waals surface area contributed by atoms with Crippen LogP contribution in [0.1, 0.15) is 38.2 Å². The second-order valence-corrected chi connectivity index (χ2v) is 8.50. The van der Waals surface area contributed by atoms with Crippen molar-refractivity contribution in [1.29, 1.82) is 0 Å². The fraction of sp³-hybridized carbons (Fsp3) is 0.345. The lowest BCUT2D eigenvalue weighted by atomic mass is 10.1. The van der Waals surface area contributed by atoms with Crippen LogP contribution in [0.3, 0.4) is 0 Å². The Morgan fingerprint density at radius 1 is 1.00 bits per heavy atom. The minimum atomic E-state index is -0.345. The number of imide groups is 1. The molecule has 0 unspecified atom stereocenters. The molecule has 1 aromatic rings. The third kappa shape index (κ3) is 8.99. The zero-order valence-electron chi connectivity index (χ0n) is 22.1. The molecule has 0 aliphatic carbocycles. The fourth-order valence-corrected chi connectivity index (χ4v) is 3.70. The van der Waals surface area contributed by atoms with Gasteiger partial charge in [0.25, 0.3) is 17.7 Å². The summed E-state index contributed by atoms with van der Waals surface area (Å²) in [5, 5.41) is 0. The van der Waals surface area contributed by atoms with E-state index in [0.717, 1.165) is 5.56 Å². The molecule has 1 aliphatic rings. The number of likely N-dealkylation sites (N-methyl/N-ethyl adjacent to an activating group) is 1. The van der Waals surface area contributed by atoms with E-state index in [1.165, 1.54) is 41.4 Å². The smallest absolute Gasteiger partial charge is 0.305 e. The monoisotopic (exact) mass is 522 g/mol. The van der Waals surface area contributed by atoms with Crippen molar-refractivity contribution < 1.29 is 33.4 Å². The lowest BCUT2D eigenvalue weighted by molar-refractivity contribution is -0.144. The molecule has 1 heterocycles. The summed E-state index contributed by atoms with van der Waals surface area (Å²) in [6.07, 6.45) is 11.9. The number of hydrogen-bond donors (Lipinski definition) is 0. The van der Waals surface area contributed by atoms with Crippen molar-refractivity contribution in [2.45, 2.75) is 39.0 Å². The highest BCUT2D eigenvalue weighted by atomic mass is 16.5. The number of hydrogen-bond acceptors (Lipinski definition) is 7. The second-order valence-electron chi connectivity index (χ2n) is 8.50. The van der Waals surface area contributed by atoms with Gasteiger partial charge in [0.15, 0.2) is 6.29 Å². The zero-order chi connectivity index (χ0) is 27.9. The minimum absolute atomic E-state index is 0.203. The van der Waals surface area contributed by atoms with Crippen molar-refractivity contribution in [2.24, 2.45) is 0 Å². The summed E-state index contributed by atoms with van der Waals surface area (Å²) in [4.78, 5) is 62.2. The predicted octanol–water partition coefficient (Wildman–Crippen LogP) is 3.45. The Morgan fingerprint density at radius 3 is 2.29 bits per heavy atom. The van der Waals surface area contributed by atoms with Crippen molar-refractivity contribution in [3.05, 3.63) is 77.6 Å². The van der Waals surface area contributed by atoms with E-state index < -0.39 is 0 Å². The first-order valence-electron chi connectivity index (χ1n) is 12.4. The van der Waals surface area contributed by atoms with Gasteiger partial charge in [0.05, 0.1) is 25.6 Å². The Kier molecular flexibility index (Phi) is 12.4. The molecule has 1 aromatic carbocycles. The van der Waals surface area contributed by atoms with E-state index in [-0.39, 0.29) is 47.9 Å². The predicted molar refractivity (Wildman–Crippen MR) is 143 cm³/mol. The molecule has 0 aromatic heterocycles. The van der Waals surface area contributed by atoms with Gasteiger partial charge in [0.1, 0.15) is 0 Å². The second kappa shape index (κ2) is 15.8. The third-order valence-corrected chi connectivity index (χ3v) is 5.83. The first-order valence-corrected chi connectivity index (χ1v) is 12.4. The summed E-state index contributed by atoms with van der Waals surface area (Å²) in [5.41, 5.74) is 2.03. The normalized spacial score (nSPS) is 13.8. The molecule has 38 heavy (non-hydrogen) atoms. The summed E-state index contributed by atoms with van der Waals surface area (Å²) in [5.74, 6) is -1.22. The van der Waals surface area contributed by atoms with Gasteiger partial charge < -0.3 is 14.4 Å². The average molecular weight is 523 g/mol. The SMILES string of the molecule is C\C=C/C(C(=O)N(C)c1ccc(CCOC(=O)CCCCCN2C(=O)C=CC2=O)cc1)=C(C=O)\C=C\OC. The molecule has 0 bridgehead atoms. The third-order valence-electron chi connectivity index (χ3n) is 5.83. The van der Waals surface area contributed by atoms with Crippen molar-refractivity contribution in [3.8, 4) is 0 Å². The highest BCUT2D eigenvalue weighted by molar-refractivity contribution is 6.13. The van der Waals surface area contributed by atoms with Gasteiger partial charge in [-0.05, 0) is 43.5 Å². The van der Waals surface area contributed by atoms with Crippen molar-refractivity contribution >= 4 is 35.7 Å². The number of anilines is 1. The maximum Gasteiger partial charge on any atom is 0.305 e. The van der Waals surface area contributed by atoms with Gasteiger partial charge in [-0.15, -0.1) is 0 Å². The van der Waals surface area contributed by atoms with Crippen molar-refractivity contribution in [2.75, 3.05) is 32.2 Å². The van der Waals surface area contributed by atoms with Crippen LogP contribution in [0.2, 0.25) is 0 Å². The number of amides is 3. The van der Waals surface area contributed by atoms with Gasteiger partial charge in [-0.25, -0.2) is 0 Å². The molecule has 1 aliphatic heterocycles. The first-order chi connectivity index (χ1) is 18.3. The number of carbonyl (C=O) groups is 5. The van der Waals surface area contributed by atoms with E-state index in [1.807, 2.05) is 12.1 Å². The molecule has 0 radical (unpaired) electrons. The Bertz CT molecular complexity index is 1110. The molecule has 0 atom stereocenters. The number of unbranched alkanes of at least 4 members (excludes halogenated alkanes) is 2. The maximum absolute atomic E-state index is 13.0.